The second-order valence-electron chi connectivity index (χ2n) is 1.78. The molecule has 0 unspecified atom stereocenters. The van der Waals surface area contributed by atoms with Crippen molar-refractivity contribution < 1.29 is 13.9 Å². The predicted octanol–water partition coefficient (Wildman–Crippen LogP) is 0.884. The van der Waals surface area contributed by atoms with Gasteiger partial charge in [0.05, 0.1) is 0 Å². The summed E-state index contributed by atoms with van der Waals surface area (Å²) in [6.07, 6.45) is 2.59. The van der Waals surface area contributed by atoms with Crippen molar-refractivity contribution >= 4 is 24.8 Å². The topological polar surface area (TPSA) is 67.5 Å². The summed E-state index contributed by atoms with van der Waals surface area (Å²) in [6, 6.07) is 0. The third kappa shape index (κ3) is 1.62. The molecule has 0 aromatic carbocycles. The highest BCUT2D eigenvalue weighted by molar-refractivity contribution is 7.92. The first kappa shape index (κ1) is 8.72. The Balaban J connectivity index is 3.07. The lowest BCUT2D eigenvalue weighted by molar-refractivity contribution is 0.111. The average molecular weight is 189 g/mol. The highest BCUT2D eigenvalue weighted by Crippen LogP contribution is 2.10. The summed E-state index contributed by atoms with van der Waals surface area (Å²) in [4.78, 5) is 13.8. The molecule has 0 radical (unpaired) electrons. The Bertz CT molecular complexity index is 312. The van der Waals surface area contributed by atoms with Crippen molar-refractivity contribution in [2.45, 2.75) is 0 Å². The minimum Gasteiger partial charge on any atom is -0.411 e. The van der Waals surface area contributed by atoms with E-state index in [4.69, 9.17) is 5.21 Å². The molecular weight excluding hydrogens is 185 g/mol. The maximum atomic E-state index is 12.0. The number of hydrogen-bond acceptors (Lipinski definition) is 5. The molecule has 12 heavy (non-hydrogen) atoms. The van der Waals surface area contributed by atoms with Crippen LogP contribution >= 0.6 is 12.3 Å². The molecule has 0 aliphatic heterocycles. The molecule has 1 aromatic heterocycles. The molecule has 0 fully saturated rings. The third-order valence-electron chi connectivity index (χ3n) is 1.09. The van der Waals surface area contributed by atoms with Crippen molar-refractivity contribution in [1.82, 2.24) is 8.96 Å². The molecule has 0 spiro atoms. The molecular formula is C5H4FN3O2S. The number of hydrogen-bond donors (Lipinski definition) is 1. The van der Waals surface area contributed by atoms with E-state index < -0.39 is 0 Å². The van der Waals surface area contributed by atoms with Crippen molar-refractivity contribution in [1.29, 1.82) is 0 Å². The summed E-state index contributed by atoms with van der Waals surface area (Å²) in [5.41, 5.74) is 0.0788. The number of nitrogens with zero attached hydrogens (tertiary/aromatic N) is 3. The number of rotatable bonds is 3. The van der Waals surface area contributed by atoms with E-state index in [0.717, 1.165) is 10.2 Å². The van der Waals surface area contributed by atoms with Crippen LogP contribution in [0.1, 0.15) is 16.3 Å². The molecule has 64 valence electrons. The monoisotopic (exact) mass is 189 g/mol. The summed E-state index contributed by atoms with van der Waals surface area (Å²) < 4.78 is 13.0. The second-order valence-corrected chi connectivity index (χ2v) is 2.31. The Kier molecular flexibility index (Phi) is 2.81. The lowest BCUT2D eigenvalue weighted by Crippen LogP contribution is -1.91. The molecule has 1 aromatic rings. The fourth-order valence-electron chi connectivity index (χ4n) is 0.646. The van der Waals surface area contributed by atoms with E-state index in [1.165, 1.54) is 6.20 Å². The number of imidazole rings is 1. The van der Waals surface area contributed by atoms with Gasteiger partial charge in [-0.1, -0.05) is 5.16 Å². The fourth-order valence-corrected chi connectivity index (χ4v) is 0.953. The Labute approximate surface area is 71.3 Å². The van der Waals surface area contributed by atoms with Crippen LogP contribution in [0.3, 0.4) is 0 Å². The van der Waals surface area contributed by atoms with Crippen LogP contribution in [-0.2, 0) is 0 Å². The molecule has 0 aliphatic rings. The van der Waals surface area contributed by atoms with E-state index in [0.29, 0.717) is 6.29 Å². The second kappa shape index (κ2) is 3.86. The zero-order chi connectivity index (χ0) is 8.97. The molecule has 7 heteroatoms. The quantitative estimate of drug-likeness (QED) is 0.332. The molecule has 0 atom stereocenters. The maximum Gasteiger partial charge on any atom is 0.171 e. The van der Waals surface area contributed by atoms with E-state index in [1.807, 2.05) is 0 Å². The molecule has 0 saturated carbocycles. The van der Waals surface area contributed by atoms with Crippen LogP contribution in [0, 0.1) is 0 Å². The van der Waals surface area contributed by atoms with Gasteiger partial charge >= 0.3 is 0 Å². The van der Waals surface area contributed by atoms with Crippen molar-refractivity contribution in [3.63, 3.8) is 0 Å². The standard InChI is InChI=1S/C5H4FN3O2S/c6-12-9-2-4(3-10)8-5(9)1-7-11/h1-3,11H/b7-1+. The maximum absolute atomic E-state index is 12.0. The van der Waals surface area contributed by atoms with Crippen LogP contribution in [0.5, 0.6) is 0 Å². The van der Waals surface area contributed by atoms with E-state index in [2.05, 4.69) is 10.1 Å². The summed E-state index contributed by atoms with van der Waals surface area (Å²) in [5.74, 6) is 0.0621. The van der Waals surface area contributed by atoms with E-state index in [1.54, 1.807) is 0 Å². The van der Waals surface area contributed by atoms with E-state index in [-0.39, 0.29) is 23.9 Å². The molecule has 0 bridgehead atoms. The number of carbonyl (C=O) groups is 1. The van der Waals surface area contributed by atoms with Crippen molar-refractivity contribution in [3.05, 3.63) is 17.7 Å². The van der Waals surface area contributed by atoms with Gasteiger partial charge in [-0.05, 0) is 0 Å². The van der Waals surface area contributed by atoms with Crippen molar-refractivity contribution in [3.8, 4) is 0 Å². The van der Waals surface area contributed by atoms with Gasteiger partial charge in [0, 0.05) is 6.20 Å². The molecule has 5 nitrogen and oxygen atoms in total. The van der Waals surface area contributed by atoms with E-state index >= 15 is 0 Å². The first-order chi connectivity index (χ1) is 5.81. The van der Waals surface area contributed by atoms with Crippen LogP contribution in [0.4, 0.5) is 3.89 Å². The van der Waals surface area contributed by atoms with Gasteiger partial charge in [0.25, 0.3) is 0 Å². The number of carbonyl (C=O) groups excluding carboxylic acids is 1. The fraction of sp³-hybridized carbons (Fsp3) is 0. The summed E-state index contributed by atoms with van der Waals surface area (Å²) in [6.45, 7) is 0. The third-order valence-corrected chi connectivity index (χ3v) is 1.53. The van der Waals surface area contributed by atoms with Crippen molar-refractivity contribution in [2.75, 3.05) is 0 Å². The lowest BCUT2D eigenvalue weighted by Gasteiger charge is -1.90. The molecule has 0 saturated heterocycles. The summed E-state index contributed by atoms with van der Waals surface area (Å²) >= 11 is -0.136. The predicted molar refractivity (Wildman–Crippen MR) is 41.1 cm³/mol. The average Bonchev–Trinajstić information content (AvgIpc) is 2.48. The van der Waals surface area contributed by atoms with Crippen molar-refractivity contribution in [2.24, 2.45) is 5.16 Å². The Morgan fingerprint density at radius 1 is 1.83 bits per heavy atom. The summed E-state index contributed by atoms with van der Waals surface area (Å²) in [7, 11) is 0. The van der Waals surface area contributed by atoms with Gasteiger partial charge in [-0.2, -0.15) is 0 Å². The highest BCUT2D eigenvalue weighted by atomic mass is 32.2. The SMILES string of the molecule is O=Cc1cn(SF)c(/C=N/O)n1. The van der Waals surface area contributed by atoms with Crippen LogP contribution < -0.4 is 0 Å². The van der Waals surface area contributed by atoms with Crippen LogP contribution in [0.25, 0.3) is 0 Å². The molecule has 0 aliphatic carbocycles. The minimum atomic E-state index is -0.136. The molecule has 0 amide bonds. The van der Waals surface area contributed by atoms with Gasteiger partial charge in [0.15, 0.2) is 24.4 Å². The summed E-state index contributed by atoms with van der Waals surface area (Å²) in [5, 5.41) is 10.8. The molecule has 1 N–H and O–H groups in total. The minimum absolute atomic E-state index is 0.0621. The Hall–Kier alpha value is -1.37. The highest BCUT2D eigenvalue weighted by Gasteiger charge is 2.05. The first-order valence-electron chi connectivity index (χ1n) is 2.83. The number of aromatic nitrogens is 2. The zero-order valence-electron chi connectivity index (χ0n) is 5.72. The number of oxime groups is 1. The normalized spacial score (nSPS) is 10.8. The molecule has 1 rings (SSSR count). The van der Waals surface area contributed by atoms with Gasteiger partial charge in [-0.3, -0.25) is 4.79 Å². The zero-order valence-corrected chi connectivity index (χ0v) is 6.53. The van der Waals surface area contributed by atoms with Gasteiger partial charge < -0.3 is 5.21 Å². The smallest absolute Gasteiger partial charge is 0.171 e. The van der Waals surface area contributed by atoms with Gasteiger partial charge in [-0.15, -0.1) is 3.89 Å². The van der Waals surface area contributed by atoms with Crippen LogP contribution in [0.2, 0.25) is 0 Å². The van der Waals surface area contributed by atoms with E-state index in [9.17, 15) is 8.68 Å². The largest absolute Gasteiger partial charge is 0.411 e. The van der Waals surface area contributed by atoms with Gasteiger partial charge in [0.1, 0.15) is 11.9 Å². The van der Waals surface area contributed by atoms with Crippen LogP contribution in [0.15, 0.2) is 11.4 Å². The van der Waals surface area contributed by atoms with Crippen LogP contribution in [-0.4, -0.2) is 26.7 Å². The van der Waals surface area contributed by atoms with Gasteiger partial charge in [0.2, 0.25) is 0 Å². The first-order valence-corrected chi connectivity index (χ1v) is 3.50. The number of aldehydes is 1. The lowest BCUT2D eigenvalue weighted by atomic mass is 10.5. The number of halogens is 1. The molecule has 1 heterocycles. The Morgan fingerprint density at radius 2 is 2.58 bits per heavy atom. The van der Waals surface area contributed by atoms with Gasteiger partial charge in [-0.25, -0.2) is 8.96 Å². The Morgan fingerprint density at radius 3 is 3.08 bits per heavy atom.